The molecule has 0 bridgehead atoms. The maximum atomic E-state index is 10.2. The van der Waals surface area contributed by atoms with Gasteiger partial charge in [-0.05, 0) is 42.4 Å². The van der Waals surface area contributed by atoms with Gasteiger partial charge in [0, 0.05) is 0 Å². The summed E-state index contributed by atoms with van der Waals surface area (Å²) in [6.07, 6.45) is 6.52. The highest BCUT2D eigenvalue weighted by molar-refractivity contribution is 5.04. The molecular formula is C13H24O. The van der Waals surface area contributed by atoms with Crippen LogP contribution in [0.15, 0.2) is 0 Å². The fourth-order valence-corrected chi connectivity index (χ4v) is 3.43. The molecule has 0 aromatic heterocycles. The zero-order chi connectivity index (χ0) is 10.3. The molecule has 1 spiro atoms. The summed E-state index contributed by atoms with van der Waals surface area (Å²) in [6.45, 7) is 6.83. The summed E-state index contributed by atoms with van der Waals surface area (Å²) in [5.41, 5.74) is 0.349. The Morgan fingerprint density at radius 2 is 1.79 bits per heavy atom. The van der Waals surface area contributed by atoms with Gasteiger partial charge < -0.3 is 5.11 Å². The monoisotopic (exact) mass is 196 g/mol. The topological polar surface area (TPSA) is 20.2 Å². The van der Waals surface area contributed by atoms with Gasteiger partial charge in [0.1, 0.15) is 0 Å². The van der Waals surface area contributed by atoms with Crippen LogP contribution in [0.5, 0.6) is 0 Å². The van der Waals surface area contributed by atoms with Gasteiger partial charge in [-0.25, -0.2) is 0 Å². The predicted molar refractivity (Wildman–Crippen MR) is 59.0 cm³/mol. The Morgan fingerprint density at radius 1 is 1.21 bits per heavy atom. The van der Waals surface area contributed by atoms with Crippen LogP contribution >= 0.6 is 0 Å². The first-order valence-corrected chi connectivity index (χ1v) is 6.23. The lowest BCUT2D eigenvalue weighted by Crippen LogP contribution is -2.55. The number of aliphatic hydroxyl groups is 1. The Hall–Kier alpha value is -0.0400. The summed E-state index contributed by atoms with van der Waals surface area (Å²) in [5, 5.41) is 10.2. The second kappa shape index (κ2) is 3.52. The van der Waals surface area contributed by atoms with Crippen molar-refractivity contribution < 1.29 is 5.11 Å². The standard InChI is InChI=1S/C13H24O/c1-9(2)11-8-13(12(11)14)6-4-10(3)5-7-13/h9-12,14H,4-8H2,1-3H3/t10?,11?,12-,13?/m1/s1. The quantitative estimate of drug-likeness (QED) is 0.682. The minimum atomic E-state index is 0.00926. The van der Waals surface area contributed by atoms with E-state index in [0.29, 0.717) is 17.3 Å². The second-order valence-electron chi connectivity index (χ2n) is 6.10. The van der Waals surface area contributed by atoms with Crippen molar-refractivity contribution in [1.82, 2.24) is 0 Å². The number of hydrogen-bond donors (Lipinski definition) is 1. The molecule has 0 amide bonds. The molecule has 2 aliphatic rings. The van der Waals surface area contributed by atoms with Crippen LogP contribution in [0.3, 0.4) is 0 Å². The summed E-state index contributed by atoms with van der Waals surface area (Å²) in [4.78, 5) is 0. The Balaban J connectivity index is 1.95. The first-order valence-electron chi connectivity index (χ1n) is 6.23. The van der Waals surface area contributed by atoms with Gasteiger partial charge in [-0.1, -0.05) is 33.6 Å². The van der Waals surface area contributed by atoms with Crippen LogP contribution in [-0.2, 0) is 0 Å². The smallest absolute Gasteiger partial charge is 0.0627 e. The van der Waals surface area contributed by atoms with Gasteiger partial charge in [-0.2, -0.15) is 0 Å². The van der Waals surface area contributed by atoms with Crippen LogP contribution in [0.2, 0.25) is 0 Å². The summed E-state index contributed by atoms with van der Waals surface area (Å²) < 4.78 is 0. The molecule has 0 aromatic carbocycles. The van der Waals surface area contributed by atoms with E-state index < -0.39 is 0 Å². The van der Waals surface area contributed by atoms with Crippen molar-refractivity contribution in [1.29, 1.82) is 0 Å². The van der Waals surface area contributed by atoms with Crippen LogP contribution in [0.1, 0.15) is 52.9 Å². The maximum absolute atomic E-state index is 10.2. The lowest BCUT2D eigenvalue weighted by Gasteiger charge is -2.57. The molecule has 2 rings (SSSR count). The molecule has 1 nitrogen and oxygen atoms in total. The first-order chi connectivity index (χ1) is 6.55. The van der Waals surface area contributed by atoms with Gasteiger partial charge in [-0.3, -0.25) is 0 Å². The van der Waals surface area contributed by atoms with Crippen LogP contribution in [0, 0.1) is 23.2 Å². The Labute approximate surface area is 87.9 Å². The van der Waals surface area contributed by atoms with E-state index in [-0.39, 0.29) is 6.10 Å². The third-order valence-corrected chi connectivity index (χ3v) is 4.80. The van der Waals surface area contributed by atoms with Crippen molar-refractivity contribution >= 4 is 0 Å². The van der Waals surface area contributed by atoms with Crippen molar-refractivity contribution in [2.24, 2.45) is 23.2 Å². The summed E-state index contributed by atoms with van der Waals surface area (Å²) in [5.74, 6) is 2.14. The van der Waals surface area contributed by atoms with Crippen LogP contribution in [-0.4, -0.2) is 11.2 Å². The number of hydrogen-bond acceptors (Lipinski definition) is 1. The average Bonchev–Trinajstić information content (AvgIpc) is 2.15. The van der Waals surface area contributed by atoms with E-state index in [9.17, 15) is 5.11 Å². The molecule has 1 N–H and O–H groups in total. The molecule has 2 aliphatic carbocycles. The van der Waals surface area contributed by atoms with Gasteiger partial charge in [-0.15, -0.1) is 0 Å². The SMILES string of the molecule is CC1CCC2(CC1)CC(C(C)C)[C@H]2O. The molecule has 82 valence electrons. The molecule has 0 radical (unpaired) electrons. The second-order valence-corrected chi connectivity index (χ2v) is 6.10. The molecule has 0 heterocycles. The Morgan fingerprint density at radius 3 is 2.21 bits per heavy atom. The Kier molecular flexibility index (Phi) is 2.63. The normalized spacial score (nSPS) is 48.2. The zero-order valence-electron chi connectivity index (χ0n) is 9.79. The summed E-state index contributed by atoms with van der Waals surface area (Å²) >= 11 is 0. The minimum absolute atomic E-state index is 0.00926. The molecule has 2 saturated carbocycles. The highest BCUT2D eigenvalue weighted by atomic mass is 16.3. The van der Waals surface area contributed by atoms with E-state index in [1.165, 1.54) is 32.1 Å². The molecule has 2 fully saturated rings. The van der Waals surface area contributed by atoms with Crippen LogP contribution in [0.25, 0.3) is 0 Å². The fraction of sp³-hybridized carbons (Fsp3) is 1.00. The van der Waals surface area contributed by atoms with Gasteiger partial charge in [0.2, 0.25) is 0 Å². The molecular weight excluding hydrogens is 172 g/mol. The van der Waals surface area contributed by atoms with Gasteiger partial charge >= 0.3 is 0 Å². The molecule has 1 unspecified atom stereocenters. The average molecular weight is 196 g/mol. The van der Waals surface area contributed by atoms with Crippen LogP contribution < -0.4 is 0 Å². The van der Waals surface area contributed by atoms with Gasteiger partial charge in [0.25, 0.3) is 0 Å². The van der Waals surface area contributed by atoms with Crippen molar-refractivity contribution in [2.75, 3.05) is 0 Å². The maximum Gasteiger partial charge on any atom is 0.0627 e. The van der Waals surface area contributed by atoms with Crippen molar-refractivity contribution in [3.05, 3.63) is 0 Å². The molecule has 14 heavy (non-hydrogen) atoms. The van der Waals surface area contributed by atoms with E-state index in [1.54, 1.807) is 0 Å². The Bertz CT molecular complexity index is 201. The minimum Gasteiger partial charge on any atom is -0.392 e. The van der Waals surface area contributed by atoms with Crippen LogP contribution in [0.4, 0.5) is 0 Å². The third kappa shape index (κ3) is 1.50. The highest BCUT2D eigenvalue weighted by Gasteiger charge is 2.54. The lowest BCUT2D eigenvalue weighted by molar-refractivity contribution is -0.158. The van der Waals surface area contributed by atoms with Gasteiger partial charge in [0.05, 0.1) is 6.10 Å². The van der Waals surface area contributed by atoms with Crippen molar-refractivity contribution in [3.8, 4) is 0 Å². The molecule has 0 saturated heterocycles. The van der Waals surface area contributed by atoms with E-state index in [1.807, 2.05) is 0 Å². The van der Waals surface area contributed by atoms with Gasteiger partial charge in [0.15, 0.2) is 0 Å². The largest absolute Gasteiger partial charge is 0.392 e. The molecule has 0 aromatic rings. The van der Waals surface area contributed by atoms with E-state index in [0.717, 1.165) is 5.92 Å². The molecule has 0 aliphatic heterocycles. The molecule has 1 heteroatoms. The highest BCUT2D eigenvalue weighted by Crippen LogP contribution is 2.57. The van der Waals surface area contributed by atoms with Crippen molar-refractivity contribution in [3.63, 3.8) is 0 Å². The van der Waals surface area contributed by atoms with E-state index >= 15 is 0 Å². The zero-order valence-corrected chi connectivity index (χ0v) is 9.79. The third-order valence-electron chi connectivity index (χ3n) is 4.80. The fourth-order valence-electron chi connectivity index (χ4n) is 3.43. The lowest BCUT2D eigenvalue weighted by atomic mass is 9.50. The summed E-state index contributed by atoms with van der Waals surface area (Å²) in [6, 6.07) is 0. The van der Waals surface area contributed by atoms with E-state index in [4.69, 9.17) is 0 Å². The predicted octanol–water partition coefficient (Wildman–Crippen LogP) is 3.22. The van der Waals surface area contributed by atoms with E-state index in [2.05, 4.69) is 20.8 Å². The first kappa shape index (κ1) is 10.5. The molecule has 2 atom stereocenters. The van der Waals surface area contributed by atoms with Crippen molar-refractivity contribution in [2.45, 2.75) is 59.0 Å². The number of rotatable bonds is 1. The summed E-state index contributed by atoms with van der Waals surface area (Å²) in [7, 11) is 0. The number of aliphatic hydroxyl groups excluding tert-OH is 1.